The summed E-state index contributed by atoms with van der Waals surface area (Å²) in [4.78, 5) is 51.3. The lowest BCUT2D eigenvalue weighted by Crippen LogP contribution is -2.54. The molecule has 1 fully saturated rings. The molecule has 0 aliphatic carbocycles. The van der Waals surface area contributed by atoms with Gasteiger partial charge in [0.25, 0.3) is 17.7 Å². The van der Waals surface area contributed by atoms with Crippen molar-refractivity contribution < 1.29 is 28.7 Å². The second-order valence-corrected chi connectivity index (χ2v) is 8.62. The Kier molecular flexibility index (Phi) is 8.08. The van der Waals surface area contributed by atoms with E-state index in [1.165, 1.54) is 18.2 Å². The van der Waals surface area contributed by atoms with E-state index in [9.17, 15) is 19.2 Å². The molecule has 38 heavy (non-hydrogen) atoms. The molecule has 0 atom stereocenters. The number of anilines is 2. The maximum Gasteiger partial charge on any atom is 0.335 e. The van der Waals surface area contributed by atoms with E-state index < -0.39 is 17.8 Å². The average Bonchev–Trinajstić information content (AvgIpc) is 2.88. The maximum atomic E-state index is 13.1. The van der Waals surface area contributed by atoms with Gasteiger partial charge in [-0.2, -0.15) is 0 Å². The smallest absolute Gasteiger partial charge is 0.335 e. The highest BCUT2D eigenvalue weighted by molar-refractivity contribution is 6.39. The Bertz CT molecular complexity index is 1440. The van der Waals surface area contributed by atoms with E-state index in [2.05, 4.69) is 10.6 Å². The number of hydrogen-bond donors (Lipinski definition) is 2. The van der Waals surface area contributed by atoms with Gasteiger partial charge in [0.05, 0.1) is 17.3 Å². The number of nitrogens with zero attached hydrogens (tertiary/aromatic N) is 1. The molecule has 1 aliphatic heterocycles. The summed E-state index contributed by atoms with van der Waals surface area (Å²) in [5, 5.41) is 5.06. The zero-order valence-corrected chi connectivity index (χ0v) is 21.4. The van der Waals surface area contributed by atoms with Gasteiger partial charge in [0.15, 0.2) is 18.1 Å². The highest BCUT2D eigenvalue weighted by Gasteiger charge is 2.36. The third kappa shape index (κ3) is 5.84. The Labute approximate surface area is 224 Å². The molecule has 0 unspecified atom stereocenters. The summed E-state index contributed by atoms with van der Waals surface area (Å²) < 4.78 is 11.3. The summed E-state index contributed by atoms with van der Waals surface area (Å²) in [6.07, 6.45) is 1.31. The number of carbonyl (C=O) groups is 4. The first-order valence-electron chi connectivity index (χ1n) is 11.7. The highest BCUT2D eigenvalue weighted by Crippen LogP contribution is 2.37. The standard InChI is InChI=1S/C28H24ClN3O6/c1-3-37-23-15-18(13-20-26(34)31-28(36)32(27(20)35)19-10-5-4-6-11-19)14-21(29)25(23)38-16-24(33)30-22-12-8-7-9-17(22)2/h4-15H,3,16H2,1-2H3,(H,30,33)(H,31,34,36)/b20-13-. The molecule has 1 aliphatic rings. The van der Waals surface area contributed by atoms with Crippen LogP contribution in [0.5, 0.6) is 11.5 Å². The highest BCUT2D eigenvalue weighted by atomic mass is 35.5. The van der Waals surface area contributed by atoms with Crippen LogP contribution in [0.15, 0.2) is 72.3 Å². The summed E-state index contributed by atoms with van der Waals surface area (Å²) in [6.45, 7) is 3.57. The fraction of sp³-hybridized carbons (Fsp3) is 0.143. The molecule has 0 radical (unpaired) electrons. The van der Waals surface area contributed by atoms with Gasteiger partial charge in [0.1, 0.15) is 5.57 Å². The Balaban J connectivity index is 1.58. The van der Waals surface area contributed by atoms with Gasteiger partial charge in [-0.15, -0.1) is 0 Å². The quantitative estimate of drug-likeness (QED) is 0.319. The van der Waals surface area contributed by atoms with E-state index in [1.807, 2.05) is 25.1 Å². The third-order valence-corrected chi connectivity index (χ3v) is 5.81. The monoisotopic (exact) mass is 533 g/mol. The summed E-state index contributed by atoms with van der Waals surface area (Å²) in [5.74, 6) is -1.66. The van der Waals surface area contributed by atoms with Gasteiger partial charge in [-0.3, -0.25) is 19.7 Å². The average molecular weight is 534 g/mol. The number of urea groups is 1. The Morgan fingerprint density at radius 2 is 1.74 bits per heavy atom. The number of ether oxygens (including phenoxy) is 2. The maximum absolute atomic E-state index is 13.1. The number of benzene rings is 3. The molecular weight excluding hydrogens is 510 g/mol. The first-order chi connectivity index (χ1) is 18.3. The predicted molar refractivity (Wildman–Crippen MR) is 143 cm³/mol. The molecule has 0 bridgehead atoms. The van der Waals surface area contributed by atoms with Crippen LogP contribution in [0.1, 0.15) is 18.1 Å². The minimum absolute atomic E-state index is 0.103. The van der Waals surface area contributed by atoms with Crippen molar-refractivity contribution in [1.82, 2.24) is 5.32 Å². The minimum atomic E-state index is -0.843. The van der Waals surface area contributed by atoms with Crippen molar-refractivity contribution in [3.8, 4) is 11.5 Å². The van der Waals surface area contributed by atoms with E-state index in [0.29, 0.717) is 16.9 Å². The van der Waals surface area contributed by atoms with E-state index in [-0.39, 0.29) is 41.2 Å². The summed E-state index contributed by atoms with van der Waals surface area (Å²) in [7, 11) is 0. The van der Waals surface area contributed by atoms with E-state index in [4.69, 9.17) is 21.1 Å². The predicted octanol–water partition coefficient (Wildman–Crippen LogP) is 4.73. The topological polar surface area (TPSA) is 114 Å². The fourth-order valence-electron chi connectivity index (χ4n) is 3.75. The lowest BCUT2D eigenvalue weighted by molar-refractivity contribution is -0.122. The van der Waals surface area contributed by atoms with Gasteiger partial charge in [-0.05, 0) is 61.4 Å². The zero-order valence-electron chi connectivity index (χ0n) is 20.6. The summed E-state index contributed by atoms with van der Waals surface area (Å²) in [6, 6.07) is 17.7. The van der Waals surface area contributed by atoms with Gasteiger partial charge in [0, 0.05) is 5.69 Å². The number of para-hydroxylation sites is 2. The van der Waals surface area contributed by atoms with Crippen molar-refractivity contribution >= 4 is 52.8 Å². The van der Waals surface area contributed by atoms with Crippen molar-refractivity contribution in [2.75, 3.05) is 23.4 Å². The van der Waals surface area contributed by atoms with E-state index >= 15 is 0 Å². The number of rotatable bonds is 8. The molecule has 1 saturated heterocycles. The molecule has 194 valence electrons. The molecule has 10 heteroatoms. The number of imide groups is 2. The Morgan fingerprint density at radius 3 is 2.45 bits per heavy atom. The minimum Gasteiger partial charge on any atom is -0.490 e. The summed E-state index contributed by atoms with van der Waals surface area (Å²) >= 11 is 6.46. The largest absolute Gasteiger partial charge is 0.490 e. The number of nitrogens with one attached hydrogen (secondary N) is 2. The second kappa shape index (κ2) is 11.6. The lowest BCUT2D eigenvalue weighted by atomic mass is 10.1. The van der Waals surface area contributed by atoms with Crippen LogP contribution in [0.2, 0.25) is 5.02 Å². The first-order valence-corrected chi connectivity index (χ1v) is 12.1. The number of barbiturate groups is 1. The number of aryl methyl sites for hydroxylation is 1. The van der Waals surface area contributed by atoms with E-state index in [0.717, 1.165) is 10.5 Å². The Morgan fingerprint density at radius 1 is 1.03 bits per heavy atom. The molecule has 0 saturated carbocycles. The van der Waals surface area contributed by atoms with Crippen molar-refractivity contribution in [3.63, 3.8) is 0 Å². The van der Waals surface area contributed by atoms with Crippen LogP contribution in [0.4, 0.5) is 16.2 Å². The van der Waals surface area contributed by atoms with Crippen molar-refractivity contribution in [1.29, 1.82) is 0 Å². The van der Waals surface area contributed by atoms with Gasteiger partial charge >= 0.3 is 6.03 Å². The van der Waals surface area contributed by atoms with Crippen LogP contribution in [-0.2, 0) is 14.4 Å². The second-order valence-electron chi connectivity index (χ2n) is 8.21. The van der Waals surface area contributed by atoms with Gasteiger partial charge < -0.3 is 14.8 Å². The third-order valence-electron chi connectivity index (χ3n) is 5.53. The normalized spacial score (nSPS) is 14.3. The molecule has 0 aromatic heterocycles. The molecular formula is C28H24ClN3O6. The zero-order chi connectivity index (χ0) is 27.2. The van der Waals surface area contributed by atoms with Crippen LogP contribution < -0.4 is 25.0 Å². The number of amides is 5. The fourth-order valence-corrected chi connectivity index (χ4v) is 4.02. The first kappa shape index (κ1) is 26.4. The van der Waals surface area contributed by atoms with Gasteiger partial charge in [-0.25, -0.2) is 9.69 Å². The lowest BCUT2D eigenvalue weighted by Gasteiger charge is -2.26. The molecule has 4 rings (SSSR count). The van der Waals surface area contributed by atoms with E-state index in [1.54, 1.807) is 43.3 Å². The van der Waals surface area contributed by atoms with Gasteiger partial charge in [0.2, 0.25) is 0 Å². The number of carbonyl (C=O) groups excluding carboxylic acids is 4. The van der Waals surface area contributed by atoms with Crippen molar-refractivity contribution in [2.24, 2.45) is 0 Å². The molecule has 1 heterocycles. The van der Waals surface area contributed by atoms with Crippen molar-refractivity contribution in [2.45, 2.75) is 13.8 Å². The molecule has 3 aromatic rings. The molecule has 3 aromatic carbocycles. The molecule has 5 amide bonds. The number of halogens is 1. The molecule has 0 spiro atoms. The SMILES string of the molecule is CCOc1cc(/C=C2/C(=O)NC(=O)N(c3ccccc3)C2=O)cc(Cl)c1OCC(=O)Nc1ccccc1C. The summed E-state index contributed by atoms with van der Waals surface area (Å²) in [5.41, 5.74) is 1.97. The Hall–Kier alpha value is -4.63. The van der Waals surface area contributed by atoms with Crippen molar-refractivity contribution in [3.05, 3.63) is 88.5 Å². The van der Waals surface area contributed by atoms with Crippen LogP contribution in [-0.4, -0.2) is 37.0 Å². The van der Waals surface area contributed by atoms with Crippen LogP contribution in [0.25, 0.3) is 6.08 Å². The molecule has 2 N–H and O–H groups in total. The molecule has 9 nitrogen and oxygen atoms in total. The van der Waals surface area contributed by atoms with Gasteiger partial charge in [-0.1, -0.05) is 48.0 Å². The number of hydrogen-bond acceptors (Lipinski definition) is 6. The van der Waals surface area contributed by atoms with Crippen LogP contribution in [0, 0.1) is 6.92 Å². The van der Waals surface area contributed by atoms with Crippen LogP contribution >= 0.6 is 11.6 Å². The van der Waals surface area contributed by atoms with Crippen LogP contribution in [0.3, 0.4) is 0 Å².